The van der Waals surface area contributed by atoms with Gasteiger partial charge in [0.15, 0.2) is 5.13 Å². The zero-order valence-corrected chi connectivity index (χ0v) is 11.1. The molecule has 0 saturated carbocycles. The Morgan fingerprint density at radius 1 is 1.53 bits per heavy atom. The molecule has 3 N–H and O–H groups in total. The highest BCUT2D eigenvalue weighted by Gasteiger charge is 2.02. The predicted octanol–water partition coefficient (Wildman–Crippen LogP) is 3.21. The fourth-order valence-corrected chi connectivity index (χ4v) is 2.93. The van der Waals surface area contributed by atoms with E-state index in [9.17, 15) is 0 Å². The summed E-state index contributed by atoms with van der Waals surface area (Å²) in [5.74, 6) is 2.06. The van der Waals surface area contributed by atoms with E-state index in [0.29, 0.717) is 0 Å². The van der Waals surface area contributed by atoms with Crippen LogP contribution in [0.2, 0.25) is 0 Å². The molecule has 2 rings (SSSR count). The maximum atomic E-state index is 5.73. The summed E-state index contributed by atoms with van der Waals surface area (Å²) in [5, 5.41) is 4.29. The van der Waals surface area contributed by atoms with Gasteiger partial charge < -0.3 is 11.1 Å². The molecule has 17 heavy (non-hydrogen) atoms. The molecular weight excluding hydrogens is 250 g/mol. The van der Waals surface area contributed by atoms with Crippen molar-refractivity contribution in [2.75, 3.05) is 29.1 Å². The molecule has 0 atom stereocenters. The third-order valence-corrected chi connectivity index (χ3v) is 4.11. The predicted molar refractivity (Wildman–Crippen MR) is 80.0 cm³/mol. The van der Waals surface area contributed by atoms with E-state index in [2.05, 4.69) is 16.9 Å². The number of nitrogen functional groups attached to an aromatic ring is 1. The maximum Gasteiger partial charge on any atom is 0.183 e. The number of nitrogens with one attached hydrogen (secondary N) is 1. The molecule has 0 aliphatic rings. The zero-order chi connectivity index (χ0) is 12.1. The molecule has 0 aliphatic heterocycles. The van der Waals surface area contributed by atoms with Crippen LogP contribution in [0.25, 0.3) is 10.2 Å². The molecular formula is C12H15N3S2. The Morgan fingerprint density at radius 2 is 2.41 bits per heavy atom. The SMILES string of the molecule is C=CCSCCNc1nc2ccc(N)cc2s1. The Hall–Kier alpha value is -1.20. The Labute approximate surface area is 109 Å². The second-order valence-corrected chi connectivity index (χ2v) is 5.72. The van der Waals surface area contributed by atoms with E-state index in [1.807, 2.05) is 36.0 Å². The maximum absolute atomic E-state index is 5.73. The normalized spacial score (nSPS) is 10.6. The number of benzene rings is 1. The van der Waals surface area contributed by atoms with Crippen LogP contribution in [0.5, 0.6) is 0 Å². The van der Waals surface area contributed by atoms with Gasteiger partial charge in [0.05, 0.1) is 10.2 Å². The monoisotopic (exact) mass is 265 g/mol. The molecule has 0 fully saturated rings. The number of aromatic nitrogens is 1. The van der Waals surface area contributed by atoms with Crippen molar-refractivity contribution in [3.05, 3.63) is 30.9 Å². The van der Waals surface area contributed by atoms with Crippen molar-refractivity contribution < 1.29 is 0 Å². The summed E-state index contributed by atoms with van der Waals surface area (Å²) in [7, 11) is 0. The summed E-state index contributed by atoms with van der Waals surface area (Å²) in [6, 6.07) is 5.80. The fraction of sp³-hybridized carbons (Fsp3) is 0.250. The topological polar surface area (TPSA) is 50.9 Å². The number of thioether (sulfide) groups is 1. The first kappa shape index (κ1) is 12.3. The molecule has 0 saturated heterocycles. The highest BCUT2D eigenvalue weighted by Crippen LogP contribution is 2.27. The van der Waals surface area contributed by atoms with E-state index in [0.717, 1.165) is 39.1 Å². The number of hydrogen-bond acceptors (Lipinski definition) is 5. The summed E-state index contributed by atoms with van der Waals surface area (Å²) >= 11 is 3.50. The van der Waals surface area contributed by atoms with Crippen molar-refractivity contribution in [1.82, 2.24) is 4.98 Å². The van der Waals surface area contributed by atoms with Gasteiger partial charge in [-0.25, -0.2) is 4.98 Å². The Bertz CT molecular complexity index is 507. The van der Waals surface area contributed by atoms with Gasteiger partial charge in [0.25, 0.3) is 0 Å². The Kier molecular flexibility index (Phi) is 4.28. The third kappa shape index (κ3) is 3.38. The summed E-state index contributed by atoms with van der Waals surface area (Å²) in [5.41, 5.74) is 7.53. The summed E-state index contributed by atoms with van der Waals surface area (Å²) < 4.78 is 1.13. The van der Waals surface area contributed by atoms with Gasteiger partial charge in [0.1, 0.15) is 0 Å². The molecule has 1 aromatic heterocycles. The second-order valence-electron chi connectivity index (χ2n) is 3.54. The zero-order valence-electron chi connectivity index (χ0n) is 9.48. The van der Waals surface area contributed by atoms with Gasteiger partial charge in [-0.2, -0.15) is 11.8 Å². The first-order valence-electron chi connectivity index (χ1n) is 5.38. The summed E-state index contributed by atoms with van der Waals surface area (Å²) in [6.07, 6.45) is 1.92. The van der Waals surface area contributed by atoms with Crippen molar-refractivity contribution in [3.63, 3.8) is 0 Å². The quantitative estimate of drug-likeness (QED) is 0.478. The minimum Gasteiger partial charge on any atom is -0.399 e. The number of rotatable bonds is 6. The third-order valence-electron chi connectivity index (χ3n) is 2.17. The summed E-state index contributed by atoms with van der Waals surface area (Å²) in [6.45, 7) is 4.61. The summed E-state index contributed by atoms with van der Waals surface area (Å²) in [4.78, 5) is 4.49. The molecule has 0 aliphatic carbocycles. The van der Waals surface area contributed by atoms with Crippen molar-refractivity contribution in [1.29, 1.82) is 0 Å². The highest BCUT2D eigenvalue weighted by molar-refractivity contribution is 7.99. The van der Waals surface area contributed by atoms with Gasteiger partial charge in [0.2, 0.25) is 0 Å². The van der Waals surface area contributed by atoms with Gasteiger partial charge in [-0.3, -0.25) is 0 Å². The molecule has 0 amide bonds. The molecule has 2 aromatic rings. The van der Waals surface area contributed by atoms with Crippen molar-refractivity contribution in [2.45, 2.75) is 0 Å². The van der Waals surface area contributed by atoms with Crippen LogP contribution < -0.4 is 11.1 Å². The van der Waals surface area contributed by atoms with Crippen LogP contribution in [0.15, 0.2) is 30.9 Å². The molecule has 0 bridgehead atoms. The lowest BCUT2D eigenvalue weighted by molar-refractivity contribution is 1.21. The average molecular weight is 265 g/mol. The lowest BCUT2D eigenvalue weighted by atomic mass is 10.3. The van der Waals surface area contributed by atoms with Gasteiger partial charge in [-0.1, -0.05) is 17.4 Å². The van der Waals surface area contributed by atoms with E-state index in [4.69, 9.17) is 5.73 Å². The molecule has 0 spiro atoms. The van der Waals surface area contributed by atoms with Gasteiger partial charge >= 0.3 is 0 Å². The average Bonchev–Trinajstić information content (AvgIpc) is 2.70. The molecule has 0 radical (unpaired) electrons. The first-order valence-corrected chi connectivity index (χ1v) is 7.35. The Balaban J connectivity index is 1.93. The first-order chi connectivity index (χ1) is 8.29. The number of nitrogens with zero attached hydrogens (tertiary/aromatic N) is 1. The fourth-order valence-electron chi connectivity index (χ4n) is 1.41. The minimum atomic E-state index is 0.786. The lowest BCUT2D eigenvalue weighted by Gasteiger charge is -2.00. The van der Waals surface area contributed by atoms with Gasteiger partial charge in [0, 0.05) is 23.7 Å². The number of hydrogen-bond donors (Lipinski definition) is 2. The lowest BCUT2D eigenvalue weighted by Crippen LogP contribution is -2.03. The van der Waals surface area contributed by atoms with Crippen LogP contribution in [-0.2, 0) is 0 Å². The van der Waals surface area contributed by atoms with Crippen LogP contribution in [0.1, 0.15) is 0 Å². The van der Waals surface area contributed by atoms with E-state index < -0.39 is 0 Å². The van der Waals surface area contributed by atoms with Crippen LogP contribution in [0.3, 0.4) is 0 Å². The molecule has 3 nitrogen and oxygen atoms in total. The molecule has 1 heterocycles. The minimum absolute atomic E-state index is 0.786. The molecule has 5 heteroatoms. The van der Waals surface area contributed by atoms with Gasteiger partial charge in [-0.15, -0.1) is 6.58 Å². The van der Waals surface area contributed by atoms with Crippen LogP contribution in [0, 0.1) is 0 Å². The van der Waals surface area contributed by atoms with Crippen LogP contribution >= 0.6 is 23.1 Å². The second kappa shape index (κ2) is 5.93. The van der Waals surface area contributed by atoms with Crippen molar-refractivity contribution in [3.8, 4) is 0 Å². The molecule has 1 aromatic carbocycles. The van der Waals surface area contributed by atoms with E-state index in [1.54, 1.807) is 11.3 Å². The van der Waals surface area contributed by atoms with Crippen molar-refractivity contribution in [2.24, 2.45) is 0 Å². The smallest absolute Gasteiger partial charge is 0.183 e. The van der Waals surface area contributed by atoms with Crippen molar-refractivity contribution >= 4 is 44.1 Å². The van der Waals surface area contributed by atoms with E-state index in [-0.39, 0.29) is 0 Å². The number of nitrogens with two attached hydrogens (primary N) is 1. The van der Waals surface area contributed by atoms with Crippen LogP contribution in [-0.4, -0.2) is 23.0 Å². The standard InChI is InChI=1S/C12H15N3S2/c1-2-6-16-7-5-14-12-15-10-4-3-9(13)8-11(10)17-12/h2-4,8H,1,5-7,13H2,(H,14,15). The Morgan fingerprint density at radius 3 is 3.24 bits per heavy atom. The molecule has 0 unspecified atom stereocenters. The van der Waals surface area contributed by atoms with Crippen LogP contribution in [0.4, 0.5) is 10.8 Å². The van der Waals surface area contributed by atoms with E-state index in [1.165, 1.54) is 0 Å². The van der Waals surface area contributed by atoms with Gasteiger partial charge in [-0.05, 0) is 18.2 Å². The highest BCUT2D eigenvalue weighted by atomic mass is 32.2. The number of thiazole rings is 1. The van der Waals surface area contributed by atoms with E-state index >= 15 is 0 Å². The molecule has 90 valence electrons. The number of anilines is 2. The number of fused-ring (bicyclic) bond motifs is 1. The largest absolute Gasteiger partial charge is 0.399 e.